The Balaban J connectivity index is 4.31. The van der Waals surface area contributed by atoms with Gasteiger partial charge < -0.3 is 5.11 Å². The molecular formula is C14H30O. The molecule has 0 aromatic rings. The quantitative estimate of drug-likeness (QED) is 0.635. The van der Waals surface area contributed by atoms with E-state index in [1.165, 1.54) is 12.8 Å². The van der Waals surface area contributed by atoms with Crippen LogP contribution in [0.25, 0.3) is 0 Å². The summed E-state index contributed by atoms with van der Waals surface area (Å²) in [6.07, 6.45) is 6.62. The zero-order valence-corrected chi connectivity index (χ0v) is 11.3. The van der Waals surface area contributed by atoms with Crippen molar-refractivity contribution in [1.82, 2.24) is 0 Å². The Kier molecular flexibility index (Phi) is 7.25. The summed E-state index contributed by atoms with van der Waals surface area (Å²) < 4.78 is 0. The highest BCUT2D eigenvalue weighted by Crippen LogP contribution is 2.37. The number of hydrogen-bond donors (Lipinski definition) is 1. The van der Waals surface area contributed by atoms with E-state index in [-0.39, 0.29) is 11.5 Å². The maximum atomic E-state index is 10.4. The number of rotatable bonds is 8. The second-order valence-corrected chi connectivity index (χ2v) is 5.07. The first-order valence-corrected chi connectivity index (χ1v) is 6.74. The third-order valence-electron chi connectivity index (χ3n) is 4.23. The van der Waals surface area contributed by atoms with Crippen molar-refractivity contribution < 1.29 is 5.11 Å². The molecule has 0 aromatic heterocycles. The van der Waals surface area contributed by atoms with Gasteiger partial charge in [-0.05, 0) is 37.0 Å². The Morgan fingerprint density at radius 1 is 1.00 bits per heavy atom. The summed E-state index contributed by atoms with van der Waals surface area (Å²) in [5.41, 5.74) is 0.169. The van der Waals surface area contributed by atoms with Gasteiger partial charge in [0.2, 0.25) is 0 Å². The van der Waals surface area contributed by atoms with E-state index in [0.717, 1.165) is 25.7 Å². The van der Waals surface area contributed by atoms with Crippen LogP contribution < -0.4 is 0 Å². The van der Waals surface area contributed by atoms with Gasteiger partial charge in [0.05, 0.1) is 6.10 Å². The molecule has 0 aliphatic rings. The lowest BCUT2D eigenvalue weighted by molar-refractivity contribution is -0.00217. The Morgan fingerprint density at radius 3 is 1.80 bits per heavy atom. The fourth-order valence-corrected chi connectivity index (χ4v) is 2.70. The Labute approximate surface area is 96.3 Å². The lowest BCUT2D eigenvalue weighted by atomic mass is 9.72. The lowest BCUT2D eigenvalue weighted by Gasteiger charge is -2.37. The van der Waals surface area contributed by atoms with Crippen molar-refractivity contribution in [2.75, 3.05) is 0 Å². The minimum Gasteiger partial charge on any atom is -0.393 e. The van der Waals surface area contributed by atoms with Crippen molar-refractivity contribution in [1.29, 1.82) is 0 Å². The van der Waals surface area contributed by atoms with E-state index in [2.05, 4.69) is 34.6 Å². The molecule has 2 atom stereocenters. The van der Waals surface area contributed by atoms with Crippen molar-refractivity contribution in [2.45, 2.75) is 79.2 Å². The molecular weight excluding hydrogens is 184 g/mol. The van der Waals surface area contributed by atoms with Crippen molar-refractivity contribution >= 4 is 0 Å². The van der Waals surface area contributed by atoms with Gasteiger partial charge >= 0.3 is 0 Å². The zero-order valence-electron chi connectivity index (χ0n) is 11.3. The topological polar surface area (TPSA) is 20.2 Å². The smallest absolute Gasteiger partial charge is 0.0598 e. The normalized spacial score (nSPS) is 16.4. The first-order chi connectivity index (χ1) is 7.06. The SMILES string of the molecule is CCCC(C)CC(O)C(CC)(CC)CC. The molecule has 0 saturated heterocycles. The van der Waals surface area contributed by atoms with E-state index >= 15 is 0 Å². The van der Waals surface area contributed by atoms with Crippen molar-refractivity contribution in [3.63, 3.8) is 0 Å². The molecule has 0 heterocycles. The predicted octanol–water partition coefficient (Wildman–Crippen LogP) is 4.39. The van der Waals surface area contributed by atoms with Gasteiger partial charge in [-0.15, -0.1) is 0 Å². The number of aliphatic hydroxyl groups is 1. The fourth-order valence-electron chi connectivity index (χ4n) is 2.70. The molecule has 0 aliphatic heterocycles. The molecule has 0 fully saturated rings. The number of aliphatic hydroxyl groups excluding tert-OH is 1. The maximum absolute atomic E-state index is 10.4. The van der Waals surface area contributed by atoms with Gasteiger partial charge in [-0.25, -0.2) is 0 Å². The van der Waals surface area contributed by atoms with Gasteiger partial charge in [-0.1, -0.05) is 47.5 Å². The second kappa shape index (κ2) is 7.27. The van der Waals surface area contributed by atoms with Crippen LogP contribution in [0.5, 0.6) is 0 Å². The molecule has 1 heteroatoms. The van der Waals surface area contributed by atoms with E-state index in [1.807, 2.05) is 0 Å². The van der Waals surface area contributed by atoms with Crippen LogP contribution in [0.15, 0.2) is 0 Å². The molecule has 0 bridgehead atoms. The highest BCUT2D eigenvalue weighted by Gasteiger charge is 2.33. The van der Waals surface area contributed by atoms with E-state index in [0.29, 0.717) is 5.92 Å². The van der Waals surface area contributed by atoms with Crippen LogP contribution in [0.3, 0.4) is 0 Å². The van der Waals surface area contributed by atoms with Crippen LogP contribution in [-0.4, -0.2) is 11.2 Å². The molecule has 1 N–H and O–H groups in total. The highest BCUT2D eigenvalue weighted by molar-refractivity contribution is 4.84. The van der Waals surface area contributed by atoms with E-state index in [4.69, 9.17) is 0 Å². The predicted molar refractivity (Wildman–Crippen MR) is 68.0 cm³/mol. The van der Waals surface area contributed by atoms with Crippen LogP contribution in [0.1, 0.15) is 73.1 Å². The third-order valence-corrected chi connectivity index (χ3v) is 4.23. The summed E-state index contributed by atoms with van der Waals surface area (Å²) >= 11 is 0. The molecule has 92 valence electrons. The minimum absolute atomic E-state index is 0.112. The maximum Gasteiger partial charge on any atom is 0.0598 e. The first-order valence-electron chi connectivity index (χ1n) is 6.74. The van der Waals surface area contributed by atoms with Gasteiger partial charge in [-0.3, -0.25) is 0 Å². The van der Waals surface area contributed by atoms with E-state index in [1.54, 1.807) is 0 Å². The highest BCUT2D eigenvalue weighted by atomic mass is 16.3. The minimum atomic E-state index is -0.112. The lowest BCUT2D eigenvalue weighted by Crippen LogP contribution is -2.34. The van der Waals surface area contributed by atoms with Crippen LogP contribution in [0.4, 0.5) is 0 Å². The summed E-state index contributed by atoms with van der Waals surface area (Å²) in [4.78, 5) is 0. The Morgan fingerprint density at radius 2 is 1.47 bits per heavy atom. The molecule has 2 unspecified atom stereocenters. The van der Waals surface area contributed by atoms with Crippen LogP contribution in [0.2, 0.25) is 0 Å². The Hall–Kier alpha value is -0.0400. The van der Waals surface area contributed by atoms with Crippen molar-refractivity contribution in [2.24, 2.45) is 11.3 Å². The molecule has 0 aromatic carbocycles. The average Bonchev–Trinajstić information content (AvgIpc) is 2.21. The first kappa shape index (κ1) is 15.0. The third kappa shape index (κ3) is 4.14. The van der Waals surface area contributed by atoms with Crippen LogP contribution >= 0.6 is 0 Å². The molecule has 0 amide bonds. The van der Waals surface area contributed by atoms with Crippen molar-refractivity contribution in [3.8, 4) is 0 Å². The Bertz CT molecular complexity index is 141. The summed E-state index contributed by atoms with van der Waals surface area (Å²) in [6, 6.07) is 0. The van der Waals surface area contributed by atoms with Crippen LogP contribution in [0, 0.1) is 11.3 Å². The summed E-state index contributed by atoms with van der Waals surface area (Å²) in [7, 11) is 0. The standard InChI is InChI=1S/C14H30O/c1-6-10-12(5)11-13(15)14(7-2,8-3)9-4/h12-13,15H,6-11H2,1-5H3. The van der Waals surface area contributed by atoms with Crippen LogP contribution in [-0.2, 0) is 0 Å². The summed E-state index contributed by atoms with van der Waals surface area (Å²) in [5.74, 6) is 0.661. The monoisotopic (exact) mass is 214 g/mol. The molecule has 0 rings (SSSR count). The molecule has 1 nitrogen and oxygen atoms in total. The largest absolute Gasteiger partial charge is 0.393 e. The van der Waals surface area contributed by atoms with Gasteiger partial charge in [0, 0.05) is 0 Å². The molecule has 0 spiro atoms. The summed E-state index contributed by atoms with van der Waals surface area (Å²) in [5, 5.41) is 10.4. The molecule has 0 saturated carbocycles. The molecule has 0 radical (unpaired) electrons. The van der Waals surface area contributed by atoms with Gasteiger partial charge in [0.15, 0.2) is 0 Å². The second-order valence-electron chi connectivity index (χ2n) is 5.07. The fraction of sp³-hybridized carbons (Fsp3) is 1.00. The van der Waals surface area contributed by atoms with Gasteiger partial charge in [0.25, 0.3) is 0 Å². The van der Waals surface area contributed by atoms with E-state index in [9.17, 15) is 5.11 Å². The number of hydrogen-bond acceptors (Lipinski definition) is 1. The zero-order chi connectivity index (χ0) is 11.9. The summed E-state index contributed by atoms with van der Waals surface area (Å²) in [6.45, 7) is 11.1. The average molecular weight is 214 g/mol. The van der Waals surface area contributed by atoms with Gasteiger partial charge in [-0.2, -0.15) is 0 Å². The molecule has 0 aliphatic carbocycles. The molecule has 15 heavy (non-hydrogen) atoms. The van der Waals surface area contributed by atoms with Crippen molar-refractivity contribution in [3.05, 3.63) is 0 Å². The van der Waals surface area contributed by atoms with Gasteiger partial charge in [0.1, 0.15) is 0 Å². The van der Waals surface area contributed by atoms with E-state index < -0.39 is 0 Å².